The van der Waals surface area contributed by atoms with Crippen LogP contribution in [-0.2, 0) is 4.79 Å². The Morgan fingerprint density at radius 3 is 2.43 bits per heavy atom. The summed E-state index contributed by atoms with van der Waals surface area (Å²) < 4.78 is 0. The number of nitrogens with two attached hydrogens (primary N) is 1. The minimum atomic E-state index is -0.520. The molecule has 4 nitrogen and oxygen atoms in total. The SMILES string of the molecule is NC(=O)c1ccccc1N1C(=O)CC1Sc1ccccc1. The Morgan fingerprint density at radius 2 is 1.76 bits per heavy atom. The van der Waals surface area contributed by atoms with Gasteiger partial charge in [0.05, 0.1) is 23.0 Å². The Kier molecular flexibility index (Phi) is 3.66. The molecule has 1 unspecified atom stereocenters. The molecule has 2 N–H and O–H groups in total. The van der Waals surface area contributed by atoms with Crippen LogP contribution in [0.2, 0.25) is 0 Å². The molecule has 0 aromatic heterocycles. The molecule has 3 rings (SSSR count). The number of amides is 2. The summed E-state index contributed by atoms with van der Waals surface area (Å²) >= 11 is 1.61. The molecule has 0 spiro atoms. The molecule has 106 valence electrons. The predicted molar refractivity (Wildman–Crippen MR) is 83.1 cm³/mol. The number of anilines is 1. The minimum Gasteiger partial charge on any atom is -0.366 e. The van der Waals surface area contributed by atoms with Crippen LogP contribution in [0.15, 0.2) is 59.5 Å². The van der Waals surface area contributed by atoms with Gasteiger partial charge in [0.25, 0.3) is 5.91 Å². The van der Waals surface area contributed by atoms with Gasteiger partial charge in [0.1, 0.15) is 0 Å². The third-order valence-corrected chi connectivity index (χ3v) is 4.54. The average Bonchev–Trinajstić information content (AvgIpc) is 2.48. The van der Waals surface area contributed by atoms with Gasteiger partial charge in [-0.2, -0.15) is 0 Å². The van der Waals surface area contributed by atoms with Gasteiger partial charge in [0.15, 0.2) is 0 Å². The maximum Gasteiger partial charge on any atom is 0.250 e. The molecule has 1 aliphatic heterocycles. The number of β-lactam (4-membered cyclic amide) rings is 1. The average molecular weight is 298 g/mol. The highest BCUT2D eigenvalue weighted by Gasteiger charge is 2.39. The molecule has 0 saturated carbocycles. The zero-order valence-corrected chi connectivity index (χ0v) is 12.0. The Labute approximate surface area is 126 Å². The molecule has 1 aliphatic rings. The van der Waals surface area contributed by atoms with Crippen molar-refractivity contribution >= 4 is 29.3 Å². The summed E-state index contributed by atoms with van der Waals surface area (Å²) in [6.45, 7) is 0. The summed E-state index contributed by atoms with van der Waals surface area (Å²) in [5, 5.41) is 0.000370. The molecule has 2 amide bonds. The van der Waals surface area contributed by atoms with Crippen LogP contribution in [0.1, 0.15) is 16.8 Å². The minimum absolute atomic E-state index is 0.000370. The van der Waals surface area contributed by atoms with Crippen molar-refractivity contribution in [2.45, 2.75) is 16.7 Å². The first-order valence-electron chi connectivity index (χ1n) is 6.59. The van der Waals surface area contributed by atoms with E-state index in [1.165, 1.54) is 0 Å². The topological polar surface area (TPSA) is 63.4 Å². The largest absolute Gasteiger partial charge is 0.366 e. The molecule has 2 aromatic carbocycles. The monoisotopic (exact) mass is 298 g/mol. The number of thioether (sulfide) groups is 1. The second-order valence-corrected chi connectivity index (χ2v) is 5.99. The van der Waals surface area contributed by atoms with Crippen molar-refractivity contribution in [2.75, 3.05) is 4.90 Å². The fourth-order valence-electron chi connectivity index (χ4n) is 2.32. The first-order chi connectivity index (χ1) is 10.2. The van der Waals surface area contributed by atoms with Gasteiger partial charge in [0.2, 0.25) is 5.91 Å². The number of primary amides is 1. The van der Waals surface area contributed by atoms with Crippen LogP contribution in [0, 0.1) is 0 Å². The lowest BCUT2D eigenvalue weighted by Crippen LogP contribution is -2.51. The molecular formula is C16H14N2O2S. The molecular weight excluding hydrogens is 284 g/mol. The van der Waals surface area contributed by atoms with Gasteiger partial charge in [-0.15, -0.1) is 11.8 Å². The Balaban J connectivity index is 1.87. The fraction of sp³-hybridized carbons (Fsp3) is 0.125. The van der Waals surface area contributed by atoms with Crippen LogP contribution < -0.4 is 10.6 Å². The highest BCUT2D eigenvalue weighted by molar-refractivity contribution is 8.00. The highest BCUT2D eigenvalue weighted by Crippen LogP contribution is 2.39. The van der Waals surface area contributed by atoms with Crippen molar-refractivity contribution in [1.29, 1.82) is 0 Å². The van der Waals surface area contributed by atoms with Crippen molar-refractivity contribution in [3.8, 4) is 0 Å². The molecule has 0 bridgehead atoms. The van der Waals surface area contributed by atoms with Crippen molar-refractivity contribution in [2.24, 2.45) is 5.73 Å². The van der Waals surface area contributed by atoms with Crippen molar-refractivity contribution in [3.05, 3.63) is 60.2 Å². The van der Waals surface area contributed by atoms with Crippen molar-refractivity contribution in [1.82, 2.24) is 0 Å². The number of carbonyl (C=O) groups is 2. The molecule has 5 heteroatoms. The first kappa shape index (κ1) is 13.7. The van der Waals surface area contributed by atoms with E-state index in [2.05, 4.69) is 0 Å². The highest BCUT2D eigenvalue weighted by atomic mass is 32.2. The molecule has 0 aliphatic carbocycles. The van der Waals surface area contributed by atoms with Gasteiger partial charge in [0, 0.05) is 4.90 Å². The van der Waals surface area contributed by atoms with Crippen LogP contribution in [0.25, 0.3) is 0 Å². The Morgan fingerprint density at radius 1 is 1.10 bits per heavy atom. The summed E-state index contributed by atoms with van der Waals surface area (Å²) in [7, 11) is 0. The number of hydrogen-bond donors (Lipinski definition) is 1. The van der Waals surface area contributed by atoms with Crippen LogP contribution in [-0.4, -0.2) is 17.2 Å². The second-order valence-electron chi connectivity index (χ2n) is 4.73. The standard InChI is InChI=1S/C16H14N2O2S/c17-16(20)12-8-4-5-9-13(12)18-14(19)10-15(18)21-11-6-2-1-3-7-11/h1-9,15H,10H2,(H2,17,20). The van der Waals surface area contributed by atoms with Crippen LogP contribution in [0.3, 0.4) is 0 Å². The maximum absolute atomic E-state index is 12.0. The number of rotatable bonds is 4. The van der Waals surface area contributed by atoms with E-state index in [1.807, 2.05) is 30.3 Å². The lowest BCUT2D eigenvalue weighted by Gasteiger charge is -2.40. The number of para-hydroxylation sites is 1. The van der Waals surface area contributed by atoms with Gasteiger partial charge in [-0.3, -0.25) is 14.5 Å². The van der Waals surface area contributed by atoms with Crippen LogP contribution in [0.5, 0.6) is 0 Å². The van der Waals surface area contributed by atoms with Gasteiger partial charge in [-0.1, -0.05) is 30.3 Å². The van der Waals surface area contributed by atoms with E-state index in [-0.39, 0.29) is 11.3 Å². The van der Waals surface area contributed by atoms with Crippen molar-refractivity contribution < 1.29 is 9.59 Å². The zero-order chi connectivity index (χ0) is 14.8. The summed E-state index contributed by atoms with van der Waals surface area (Å²) in [4.78, 5) is 26.2. The molecule has 21 heavy (non-hydrogen) atoms. The summed E-state index contributed by atoms with van der Waals surface area (Å²) in [5.41, 5.74) is 6.36. The van der Waals surface area contributed by atoms with E-state index in [4.69, 9.17) is 5.73 Å². The second kappa shape index (κ2) is 5.61. The Hall–Kier alpha value is -2.27. The van der Waals surface area contributed by atoms with Gasteiger partial charge >= 0.3 is 0 Å². The molecule has 1 atom stereocenters. The summed E-state index contributed by atoms with van der Waals surface area (Å²) in [6.07, 6.45) is 0.465. The van der Waals surface area contributed by atoms with E-state index in [0.717, 1.165) is 4.90 Å². The first-order valence-corrected chi connectivity index (χ1v) is 7.47. The van der Waals surface area contributed by atoms with Crippen LogP contribution in [0.4, 0.5) is 5.69 Å². The predicted octanol–water partition coefficient (Wildman–Crippen LogP) is 2.64. The summed E-state index contributed by atoms with van der Waals surface area (Å²) in [5.74, 6) is -0.508. The quantitative estimate of drug-likeness (QED) is 0.883. The van der Waals surface area contributed by atoms with Crippen LogP contribution >= 0.6 is 11.8 Å². The van der Waals surface area contributed by atoms with Gasteiger partial charge in [-0.05, 0) is 24.3 Å². The number of hydrogen-bond acceptors (Lipinski definition) is 3. The zero-order valence-electron chi connectivity index (χ0n) is 11.2. The molecule has 2 aromatic rings. The van der Waals surface area contributed by atoms with Gasteiger partial charge < -0.3 is 5.73 Å². The van der Waals surface area contributed by atoms with Crippen molar-refractivity contribution in [3.63, 3.8) is 0 Å². The Bertz CT molecular complexity index is 688. The summed E-state index contributed by atoms with van der Waals surface area (Å²) in [6, 6.07) is 16.8. The lowest BCUT2D eigenvalue weighted by atomic mass is 10.1. The number of carbonyl (C=O) groups excluding carboxylic acids is 2. The molecule has 1 fully saturated rings. The molecule has 0 radical (unpaired) electrons. The van der Waals surface area contributed by atoms with E-state index >= 15 is 0 Å². The third-order valence-electron chi connectivity index (χ3n) is 3.35. The molecule has 1 heterocycles. The number of nitrogens with zero attached hydrogens (tertiary/aromatic N) is 1. The smallest absolute Gasteiger partial charge is 0.250 e. The van der Waals surface area contributed by atoms with E-state index < -0.39 is 5.91 Å². The van der Waals surface area contributed by atoms with E-state index in [9.17, 15) is 9.59 Å². The van der Waals surface area contributed by atoms with Gasteiger partial charge in [-0.25, -0.2) is 0 Å². The fourth-order valence-corrected chi connectivity index (χ4v) is 3.51. The van der Waals surface area contributed by atoms with E-state index in [1.54, 1.807) is 40.9 Å². The lowest BCUT2D eigenvalue weighted by molar-refractivity contribution is -0.122. The third kappa shape index (κ3) is 2.64. The maximum atomic E-state index is 12.0. The molecule has 1 saturated heterocycles. The van der Waals surface area contributed by atoms with E-state index in [0.29, 0.717) is 17.7 Å². The number of benzene rings is 2. The normalized spacial score (nSPS) is 17.4.